The van der Waals surface area contributed by atoms with E-state index in [4.69, 9.17) is 0 Å². The predicted octanol–water partition coefficient (Wildman–Crippen LogP) is 5.49. The molecule has 0 unspecified atom stereocenters. The molecule has 3 heteroatoms. The van der Waals surface area contributed by atoms with Crippen LogP contribution in [0.2, 0.25) is 0 Å². The van der Waals surface area contributed by atoms with E-state index in [1.807, 2.05) is 12.3 Å². The van der Waals surface area contributed by atoms with E-state index in [2.05, 4.69) is 76.8 Å². The Bertz CT molecular complexity index is 734. The quantitative estimate of drug-likeness (QED) is 0.508. The van der Waals surface area contributed by atoms with Gasteiger partial charge in [0.05, 0.1) is 17.9 Å². The fraction of sp³-hybridized carbons (Fsp3) is 0.318. The average Bonchev–Trinajstić information content (AvgIpc) is 3.16. The van der Waals surface area contributed by atoms with Gasteiger partial charge in [0.25, 0.3) is 0 Å². The molecular formula is C22H27N3. The van der Waals surface area contributed by atoms with Gasteiger partial charge in [-0.05, 0) is 17.5 Å². The molecule has 1 atom stereocenters. The summed E-state index contributed by atoms with van der Waals surface area (Å²) in [7, 11) is 0. The van der Waals surface area contributed by atoms with Crippen LogP contribution in [0.25, 0.3) is 11.3 Å². The Morgan fingerprint density at radius 2 is 1.68 bits per heavy atom. The SMILES string of the molecule is CCCCC[C@H](NCc1ccccc1)c1ncc(-c2ccccc2)[nH]1. The lowest BCUT2D eigenvalue weighted by atomic mass is 10.1. The van der Waals surface area contributed by atoms with E-state index < -0.39 is 0 Å². The average molecular weight is 333 g/mol. The first kappa shape index (κ1) is 17.4. The van der Waals surface area contributed by atoms with Crippen LogP contribution in [0.15, 0.2) is 66.9 Å². The molecule has 0 saturated heterocycles. The standard InChI is InChI=1S/C22H27N3/c1-2-3-6-15-20(23-16-18-11-7-4-8-12-18)22-24-17-21(25-22)19-13-9-5-10-14-19/h4-5,7-14,17,20,23H,2-3,6,15-16H2,1H3,(H,24,25)/t20-/m0/s1. The smallest absolute Gasteiger partial charge is 0.123 e. The summed E-state index contributed by atoms with van der Waals surface area (Å²) in [6, 6.07) is 21.2. The maximum atomic E-state index is 4.67. The minimum absolute atomic E-state index is 0.254. The molecule has 1 heterocycles. The van der Waals surface area contributed by atoms with Gasteiger partial charge in [-0.3, -0.25) is 0 Å². The predicted molar refractivity (Wildman–Crippen MR) is 104 cm³/mol. The van der Waals surface area contributed by atoms with Crippen molar-refractivity contribution in [3.8, 4) is 11.3 Å². The lowest BCUT2D eigenvalue weighted by Crippen LogP contribution is -2.22. The number of nitrogens with one attached hydrogen (secondary N) is 2. The van der Waals surface area contributed by atoms with Gasteiger partial charge in [0, 0.05) is 6.54 Å². The first-order valence-electron chi connectivity index (χ1n) is 9.24. The highest BCUT2D eigenvalue weighted by Crippen LogP contribution is 2.22. The highest BCUT2D eigenvalue weighted by atomic mass is 15.0. The number of imidazole rings is 1. The lowest BCUT2D eigenvalue weighted by molar-refractivity contribution is 0.457. The molecule has 130 valence electrons. The largest absolute Gasteiger partial charge is 0.341 e. The highest BCUT2D eigenvalue weighted by molar-refractivity contribution is 5.58. The van der Waals surface area contributed by atoms with Crippen LogP contribution in [0, 0.1) is 0 Å². The second-order valence-corrected chi connectivity index (χ2v) is 6.46. The Hall–Kier alpha value is -2.39. The second kappa shape index (κ2) is 9.19. The van der Waals surface area contributed by atoms with Crippen molar-refractivity contribution in [3.63, 3.8) is 0 Å². The number of nitrogens with zero attached hydrogens (tertiary/aromatic N) is 1. The first-order valence-corrected chi connectivity index (χ1v) is 9.24. The molecule has 0 aliphatic rings. The van der Waals surface area contributed by atoms with Gasteiger partial charge in [-0.1, -0.05) is 86.8 Å². The highest BCUT2D eigenvalue weighted by Gasteiger charge is 2.15. The zero-order valence-corrected chi connectivity index (χ0v) is 14.9. The van der Waals surface area contributed by atoms with E-state index in [0.717, 1.165) is 24.5 Å². The van der Waals surface area contributed by atoms with E-state index in [1.54, 1.807) is 0 Å². The van der Waals surface area contributed by atoms with Gasteiger partial charge in [0.1, 0.15) is 5.82 Å². The van der Waals surface area contributed by atoms with Gasteiger partial charge in [0.15, 0.2) is 0 Å². The summed E-state index contributed by atoms with van der Waals surface area (Å²) >= 11 is 0. The summed E-state index contributed by atoms with van der Waals surface area (Å²) in [6.07, 6.45) is 6.75. The molecule has 0 saturated carbocycles. The van der Waals surface area contributed by atoms with Crippen molar-refractivity contribution < 1.29 is 0 Å². The Labute approximate surface area is 150 Å². The van der Waals surface area contributed by atoms with E-state index >= 15 is 0 Å². The number of hydrogen-bond donors (Lipinski definition) is 2. The van der Waals surface area contributed by atoms with E-state index in [1.165, 1.54) is 30.4 Å². The lowest BCUT2D eigenvalue weighted by Gasteiger charge is -2.17. The minimum atomic E-state index is 0.254. The number of benzene rings is 2. The normalized spacial score (nSPS) is 12.2. The van der Waals surface area contributed by atoms with Crippen molar-refractivity contribution in [3.05, 3.63) is 78.2 Å². The molecule has 0 aliphatic carbocycles. The number of hydrogen-bond acceptors (Lipinski definition) is 2. The Morgan fingerprint density at radius 3 is 2.40 bits per heavy atom. The summed E-state index contributed by atoms with van der Waals surface area (Å²) < 4.78 is 0. The van der Waals surface area contributed by atoms with Gasteiger partial charge in [-0.2, -0.15) is 0 Å². The van der Waals surface area contributed by atoms with Crippen LogP contribution in [-0.2, 0) is 6.54 Å². The van der Waals surface area contributed by atoms with Gasteiger partial charge < -0.3 is 10.3 Å². The van der Waals surface area contributed by atoms with Crippen molar-refractivity contribution in [2.75, 3.05) is 0 Å². The van der Waals surface area contributed by atoms with Crippen molar-refractivity contribution in [1.29, 1.82) is 0 Å². The van der Waals surface area contributed by atoms with Crippen LogP contribution in [0.4, 0.5) is 0 Å². The maximum absolute atomic E-state index is 4.67. The van der Waals surface area contributed by atoms with Crippen molar-refractivity contribution in [1.82, 2.24) is 15.3 Å². The molecule has 0 spiro atoms. The van der Waals surface area contributed by atoms with Crippen molar-refractivity contribution in [2.24, 2.45) is 0 Å². The van der Waals surface area contributed by atoms with Crippen molar-refractivity contribution in [2.45, 2.75) is 45.2 Å². The number of rotatable bonds is 9. The third kappa shape index (κ3) is 5.04. The van der Waals surface area contributed by atoms with Crippen LogP contribution in [0.1, 0.15) is 50.0 Å². The molecule has 0 aliphatic heterocycles. The maximum Gasteiger partial charge on any atom is 0.123 e. The summed E-state index contributed by atoms with van der Waals surface area (Å²) in [5.74, 6) is 1.03. The van der Waals surface area contributed by atoms with Crippen LogP contribution in [0.5, 0.6) is 0 Å². The number of unbranched alkanes of at least 4 members (excludes halogenated alkanes) is 2. The molecule has 0 fully saturated rings. The molecule has 3 nitrogen and oxygen atoms in total. The molecular weight excluding hydrogens is 306 g/mol. The number of aromatic amines is 1. The number of aromatic nitrogens is 2. The molecule has 2 aromatic carbocycles. The zero-order valence-electron chi connectivity index (χ0n) is 14.9. The van der Waals surface area contributed by atoms with E-state index in [-0.39, 0.29) is 6.04 Å². The molecule has 3 aromatic rings. The Kier molecular flexibility index (Phi) is 6.41. The second-order valence-electron chi connectivity index (χ2n) is 6.46. The van der Waals surface area contributed by atoms with E-state index in [9.17, 15) is 0 Å². The number of H-pyrrole nitrogens is 1. The molecule has 0 amide bonds. The molecule has 25 heavy (non-hydrogen) atoms. The summed E-state index contributed by atoms with van der Waals surface area (Å²) in [5, 5.41) is 3.68. The van der Waals surface area contributed by atoms with Crippen LogP contribution >= 0.6 is 0 Å². The van der Waals surface area contributed by atoms with Gasteiger partial charge >= 0.3 is 0 Å². The van der Waals surface area contributed by atoms with Gasteiger partial charge in [-0.25, -0.2) is 4.98 Å². The minimum Gasteiger partial charge on any atom is -0.341 e. The summed E-state index contributed by atoms with van der Waals surface area (Å²) in [4.78, 5) is 8.19. The molecule has 3 rings (SSSR count). The van der Waals surface area contributed by atoms with E-state index in [0.29, 0.717) is 0 Å². The molecule has 2 N–H and O–H groups in total. The third-order valence-electron chi connectivity index (χ3n) is 4.50. The van der Waals surface area contributed by atoms with Gasteiger partial charge in [-0.15, -0.1) is 0 Å². The monoisotopic (exact) mass is 333 g/mol. The zero-order chi connectivity index (χ0) is 17.3. The van der Waals surface area contributed by atoms with Crippen molar-refractivity contribution >= 4 is 0 Å². The fourth-order valence-corrected chi connectivity index (χ4v) is 3.05. The molecule has 0 radical (unpaired) electrons. The fourth-order valence-electron chi connectivity index (χ4n) is 3.05. The molecule has 0 bridgehead atoms. The Morgan fingerprint density at radius 1 is 0.960 bits per heavy atom. The third-order valence-corrected chi connectivity index (χ3v) is 4.50. The first-order chi connectivity index (χ1) is 12.4. The topological polar surface area (TPSA) is 40.7 Å². The Balaban J connectivity index is 1.71. The van der Waals surface area contributed by atoms with Crippen LogP contribution in [-0.4, -0.2) is 9.97 Å². The van der Waals surface area contributed by atoms with Gasteiger partial charge in [0.2, 0.25) is 0 Å². The summed E-state index contributed by atoms with van der Waals surface area (Å²) in [5.41, 5.74) is 3.56. The van der Waals surface area contributed by atoms with Crippen LogP contribution in [0.3, 0.4) is 0 Å². The molecule has 1 aromatic heterocycles. The summed E-state index contributed by atoms with van der Waals surface area (Å²) in [6.45, 7) is 3.10. The van der Waals surface area contributed by atoms with Crippen LogP contribution < -0.4 is 5.32 Å².